The molecule has 0 saturated heterocycles. The van der Waals surface area contributed by atoms with Crippen LogP contribution in [0.15, 0.2) is 18.2 Å². The zero-order chi connectivity index (χ0) is 11.8. The monoisotopic (exact) mass is 239 g/mol. The highest BCUT2D eigenvalue weighted by molar-refractivity contribution is 7.14. The lowest BCUT2D eigenvalue weighted by atomic mass is 10.3. The third-order valence-electron chi connectivity index (χ3n) is 1.95. The van der Waals surface area contributed by atoms with E-state index in [0.29, 0.717) is 11.5 Å². The number of thiophene rings is 1. The number of carbonyl (C=O) groups excluding carboxylic acids is 1. The Morgan fingerprint density at radius 1 is 1.56 bits per heavy atom. The SMILES string of the molecule is CCOC(=O)c1ccc(C=CCCNC)s1. The fourth-order valence-electron chi connectivity index (χ4n) is 1.18. The molecule has 1 aromatic rings. The van der Waals surface area contributed by atoms with E-state index in [9.17, 15) is 4.79 Å². The van der Waals surface area contributed by atoms with Crippen LogP contribution in [-0.2, 0) is 4.74 Å². The Morgan fingerprint density at radius 2 is 2.38 bits per heavy atom. The molecule has 0 bridgehead atoms. The van der Waals surface area contributed by atoms with Gasteiger partial charge in [0.2, 0.25) is 0 Å². The van der Waals surface area contributed by atoms with Crippen LogP contribution in [0.2, 0.25) is 0 Å². The van der Waals surface area contributed by atoms with E-state index in [1.807, 2.05) is 26.1 Å². The van der Waals surface area contributed by atoms with E-state index >= 15 is 0 Å². The number of hydrogen-bond acceptors (Lipinski definition) is 4. The summed E-state index contributed by atoms with van der Waals surface area (Å²) in [5, 5.41) is 3.07. The fraction of sp³-hybridized carbons (Fsp3) is 0.417. The third kappa shape index (κ3) is 4.16. The van der Waals surface area contributed by atoms with Gasteiger partial charge in [-0.15, -0.1) is 11.3 Å². The minimum absolute atomic E-state index is 0.234. The molecule has 1 aromatic heterocycles. The van der Waals surface area contributed by atoms with Gasteiger partial charge in [0.1, 0.15) is 4.88 Å². The maximum atomic E-state index is 11.4. The van der Waals surface area contributed by atoms with Crippen molar-refractivity contribution >= 4 is 23.4 Å². The molecule has 0 aliphatic rings. The highest BCUT2D eigenvalue weighted by Crippen LogP contribution is 2.18. The van der Waals surface area contributed by atoms with Crippen LogP contribution in [0.1, 0.15) is 27.9 Å². The normalized spacial score (nSPS) is 10.9. The molecule has 3 nitrogen and oxygen atoms in total. The van der Waals surface area contributed by atoms with Crippen molar-refractivity contribution in [3.63, 3.8) is 0 Å². The average molecular weight is 239 g/mol. The van der Waals surface area contributed by atoms with Crippen molar-refractivity contribution < 1.29 is 9.53 Å². The minimum Gasteiger partial charge on any atom is -0.462 e. The first-order chi connectivity index (χ1) is 7.77. The number of ether oxygens (including phenoxy) is 1. The molecule has 0 radical (unpaired) electrons. The van der Waals surface area contributed by atoms with E-state index in [1.54, 1.807) is 6.07 Å². The van der Waals surface area contributed by atoms with Gasteiger partial charge in [-0.1, -0.05) is 6.08 Å². The molecular weight excluding hydrogens is 222 g/mol. The maximum absolute atomic E-state index is 11.4. The molecule has 0 amide bonds. The van der Waals surface area contributed by atoms with E-state index in [-0.39, 0.29) is 5.97 Å². The van der Waals surface area contributed by atoms with E-state index in [4.69, 9.17) is 4.74 Å². The van der Waals surface area contributed by atoms with Crippen molar-refractivity contribution in [3.05, 3.63) is 28.0 Å². The Labute approximate surface area is 100 Å². The molecule has 0 aliphatic carbocycles. The van der Waals surface area contributed by atoms with Gasteiger partial charge in [-0.2, -0.15) is 0 Å². The quantitative estimate of drug-likeness (QED) is 0.612. The number of hydrogen-bond donors (Lipinski definition) is 1. The molecule has 0 aliphatic heterocycles. The molecule has 0 fully saturated rings. The predicted molar refractivity (Wildman–Crippen MR) is 67.9 cm³/mol. The highest BCUT2D eigenvalue weighted by atomic mass is 32.1. The van der Waals surface area contributed by atoms with Gasteiger partial charge in [-0.3, -0.25) is 0 Å². The lowest BCUT2D eigenvalue weighted by Gasteiger charge is -1.96. The molecule has 0 spiro atoms. The van der Waals surface area contributed by atoms with Crippen LogP contribution in [0.5, 0.6) is 0 Å². The van der Waals surface area contributed by atoms with Crippen molar-refractivity contribution in [3.8, 4) is 0 Å². The minimum atomic E-state index is -0.234. The van der Waals surface area contributed by atoms with Crippen molar-refractivity contribution in [2.75, 3.05) is 20.2 Å². The molecule has 0 saturated carbocycles. The van der Waals surface area contributed by atoms with Gasteiger partial charge < -0.3 is 10.1 Å². The first-order valence-electron chi connectivity index (χ1n) is 5.36. The molecular formula is C12H17NO2S. The maximum Gasteiger partial charge on any atom is 0.348 e. The first kappa shape index (κ1) is 12.9. The second-order valence-electron chi connectivity index (χ2n) is 3.22. The third-order valence-corrected chi connectivity index (χ3v) is 2.98. The molecule has 1 rings (SSSR count). The Kier molecular flexibility index (Phi) is 5.82. The number of nitrogens with one attached hydrogen (secondary N) is 1. The number of carbonyl (C=O) groups is 1. The lowest BCUT2D eigenvalue weighted by molar-refractivity contribution is 0.0532. The molecule has 16 heavy (non-hydrogen) atoms. The van der Waals surface area contributed by atoms with Crippen LogP contribution in [0.4, 0.5) is 0 Å². The molecule has 0 unspecified atom stereocenters. The lowest BCUT2D eigenvalue weighted by Crippen LogP contribution is -2.05. The number of rotatable bonds is 6. The van der Waals surface area contributed by atoms with Gasteiger partial charge in [0.05, 0.1) is 6.61 Å². The van der Waals surface area contributed by atoms with Crippen LogP contribution < -0.4 is 5.32 Å². The zero-order valence-electron chi connectivity index (χ0n) is 9.66. The highest BCUT2D eigenvalue weighted by Gasteiger charge is 2.08. The van der Waals surface area contributed by atoms with E-state index in [1.165, 1.54) is 11.3 Å². The second-order valence-corrected chi connectivity index (χ2v) is 4.33. The molecule has 4 heteroatoms. The van der Waals surface area contributed by atoms with Crippen LogP contribution in [0.3, 0.4) is 0 Å². The summed E-state index contributed by atoms with van der Waals surface area (Å²) in [6.07, 6.45) is 5.12. The standard InChI is InChI=1S/C12H17NO2S/c1-3-15-12(14)11-8-7-10(16-11)6-4-5-9-13-2/h4,6-8,13H,3,5,9H2,1-2H3. The van der Waals surface area contributed by atoms with Crippen molar-refractivity contribution in [1.82, 2.24) is 5.32 Å². The summed E-state index contributed by atoms with van der Waals surface area (Å²) < 4.78 is 4.92. The largest absolute Gasteiger partial charge is 0.462 e. The summed E-state index contributed by atoms with van der Waals surface area (Å²) in [5.41, 5.74) is 0. The summed E-state index contributed by atoms with van der Waals surface area (Å²) >= 11 is 1.46. The fourth-order valence-corrected chi connectivity index (χ4v) is 2.01. The molecule has 1 N–H and O–H groups in total. The Morgan fingerprint density at radius 3 is 3.06 bits per heavy atom. The predicted octanol–water partition coefficient (Wildman–Crippen LogP) is 2.55. The topological polar surface area (TPSA) is 38.3 Å². The summed E-state index contributed by atoms with van der Waals surface area (Å²) in [7, 11) is 1.93. The number of esters is 1. The molecule has 88 valence electrons. The molecule has 0 aromatic carbocycles. The van der Waals surface area contributed by atoms with Crippen molar-refractivity contribution in [2.45, 2.75) is 13.3 Å². The summed E-state index contributed by atoms with van der Waals surface area (Å²) in [4.78, 5) is 13.1. The molecule has 1 heterocycles. The van der Waals surface area contributed by atoms with Gasteiger partial charge in [0.15, 0.2) is 0 Å². The summed E-state index contributed by atoms with van der Waals surface area (Å²) in [6, 6.07) is 3.74. The molecule has 0 atom stereocenters. The second kappa shape index (κ2) is 7.19. The smallest absolute Gasteiger partial charge is 0.348 e. The van der Waals surface area contributed by atoms with Gasteiger partial charge in [0.25, 0.3) is 0 Å². The first-order valence-corrected chi connectivity index (χ1v) is 6.17. The van der Waals surface area contributed by atoms with Crippen LogP contribution in [-0.4, -0.2) is 26.2 Å². The van der Waals surface area contributed by atoms with Gasteiger partial charge in [0, 0.05) is 4.88 Å². The Hall–Kier alpha value is -1.13. The van der Waals surface area contributed by atoms with Gasteiger partial charge >= 0.3 is 5.97 Å². The summed E-state index contributed by atoms with van der Waals surface area (Å²) in [6.45, 7) is 3.20. The van der Waals surface area contributed by atoms with Crippen molar-refractivity contribution in [1.29, 1.82) is 0 Å². The van der Waals surface area contributed by atoms with E-state index < -0.39 is 0 Å². The van der Waals surface area contributed by atoms with Crippen LogP contribution in [0, 0.1) is 0 Å². The van der Waals surface area contributed by atoms with Gasteiger partial charge in [-0.25, -0.2) is 4.79 Å². The van der Waals surface area contributed by atoms with Crippen LogP contribution in [0.25, 0.3) is 6.08 Å². The van der Waals surface area contributed by atoms with Crippen LogP contribution >= 0.6 is 11.3 Å². The Bertz CT molecular complexity index is 358. The van der Waals surface area contributed by atoms with Crippen molar-refractivity contribution in [2.24, 2.45) is 0 Å². The van der Waals surface area contributed by atoms with E-state index in [2.05, 4.69) is 11.4 Å². The Balaban J connectivity index is 2.51. The van der Waals surface area contributed by atoms with Gasteiger partial charge in [-0.05, 0) is 45.1 Å². The van der Waals surface area contributed by atoms with E-state index in [0.717, 1.165) is 17.8 Å². The summed E-state index contributed by atoms with van der Waals surface area (Å²) in [5.74, 6) is -0.234. The average Bonchev–Trinajstić information content (AvgIpc) is 2.73. The zero-order valence-corrected chi connectivity index (χ0v) is 10.5.